The van der Waals surface area contributed by atoms with Crippen LogP contribution in [0.1, 0.15) is 24.0 Å². The Morgan fingerprint density at radius 2 is 1.33 bits per heavy atom. The van der Waals surface area contributed by atoms with E-state index < -0.39 is 0 Å². The summed E-state index contributed by atoms with van der Waals surface area (Å²) < 4.78 is 0. The second-order valence-electron chi connectivity index (χ2n) is 7.95. The summed E-state index contributed by atoms with van der Waals surface area (Å²) in [5.41, 5.74) is 7.77. The molecule has 33 heavy (non-hydrogen) atoms. The average molecular weight is 444 g/mol. The lowest BCUT2D eigenvalue weighted by Crippen LogP contribution is -1.96. The van der Waals surface area contributed by atoms with Gasteiger partial charge in [0.1, 0.15) is 0 Å². The Hall–Kier alpha value is -3.62. The minimum Gasteiger partial charge on any atom is -0.257 e. The number of hydrogen-bond donors (Lipinski definition) is 0. The van der Waals surface area contributed by atoms with E-state index in [-0.39, 0.29) is 0 Å². The number of benzene rings is 3. The monoisotopic (exact) mass is 443 g/mol. The first-order chi connectivity index (χ1) is 16.4. The van der Waals surface area contributed by atoms with Crippen molar-refractivity contribution in [2.75, 3.05) is 0 Å². The maximum absolute atomic E-state index is 4.45. The summed E-state index contributed by atoms with van der Waals surface area (Å²) >= 11 is 1.91. The highest BCUT2D eigenvalue weighted by Crippen LogP contribution is 2.52. The largest absolute Gasteiger partial charge is 0.257 e. The van der Waals surface area contributed by atoms with Gasteiger partial charge in [0.05, 0.1) is 5.69 Å². The average Bonchev–Trinajstić information content (AvgIpc) is 3.30. The Balaban J connectivity index is 1.43. The van der Waals surface area contributed by atoms with Crippen LogP contribution in [-0.4, -0.2) is 6.21 Å². The van der Waals surface area contributed by atoms with Crippen molar-refractivity contribution in [1.29, 1.82) is 0 Å². The first kappa shape index (κ1) is 21.2. The minimum absolute atomic E-state index is 0.967. The summed E-state index contributed by atoms with van der Waals surface area (Å²) in [4.78, 5) is 7.18. The number of para-hydroxylation sites is 1. The molecule has 0 saturated carbocycles. The molecule has 1 aliphatic carbocycles. The zero-order valence-corrected chi connectivity index (χ0v) is 19.2. The van der Waals surface area contributed by atoms with Gasteiger partial charge in [0.15, 0.2) is 0 Å². The molecule has 0 N–H and O–H groups in total. The van der Waals surface area contributed by atoms with Gasteiger partial charge in [0.25, 0.3) is 0 Å². The Labute approximate surface area is 200 Å². The normalized spacial score (nSPS) is 16.3. The number of nitrogens with zero attached hydrogens (tertiary/aromatic N) is 1. The van der Waals surface area contributed by atoms with Crippen molar-refractivity contribution in [2.24, 2.45) is 4.99 Å². The summed E-state index contributed by atoms with van der Waals surface area (Å²) in [7, 11) is 0. The molecule has 2 aliphatic rings. The Morgan fingerprint density at radius 1 is 0.667 bits per heavy atom. The summed E-state index contributed by atoms with van der Waals surface area (Å²) in [5.74, 6) is 0. The van der Waals surface area contributed by atoms with Crippen LogP contribution in [0, 0.1) is 0 Å². The molecule has 2 heteroatoms. The topological polar surface area (TPSA) is 12.4 Å². The van der Waals surface area contributed by atoms with Gasteiger partial charge in [-0.1, -0.05) is 109 Å². The standard InChI is InChI=1S/C31H25NS/c1-5-13-24(14-6-1)29-23-30(25-15-7-2-8-16-25)33-31-26(20-21-28(29)31)17-9-4-12-22-32-27-18-10-3-11-19-27/h1-19,22-23H,20-21H2/b12-4+,17-9+,32-22?. The number of allylic oxidation sites excluding steroid dienone is 8. The van der Waals surface area contributed by atoms with Crippen molar-refractivity contribution in [1.82, 2.24) is 0 Å². The molecule has 0 amide bonds. The van der Waals surface area contributed by atoms with Crippen molar-refractivity contribution < 1.29 is 0 Å². The van der Waals surface area contributed by atoms with E-state index >= 15 is 0 Å². The quantitative estimate of drug-likeness (QED) is 0.274. The van der Waals surface area contributed by atoms with E-state index in [1.165, 1.54) is 37.7 Å². The van der Waals surface area contributed by atoms with Crippen molar-refractivity contribution in [3.8, 4) is 0 Å². The maximum Gasteiger partial charge on any atom is 0.0629 e. The van der Waals surface area contributed by atoms with Gasteiger partial charge in [-0.05, 0) is 65.0 Å². The molecule has 0 aromatic heterocycles. The summed E-state index contributed by atoms with van der Waals surface area (Å²) in [5, 5.41) is 0. The molecule has 160 valence electrons. The number of aliphatic imine (C=N–C) groups is 1. The van der Waals surface area contributed by atoms with Gasteiger partial charge in [-0.25, -0.2) is 0 Å². The molecular formula is C31H25NS. The fourth-order valence-electron chi connectivity index (χ4n) is 4.13. The Bertz CT molecular complexity index is 1290. The first-order valence-corrected chi connectivity index (χ1v) is 12.1. The molecule has 0 fully saturated rings. The van der Waals surface area contributed by atoms with Gasteiger partial charge < -0.3 is 0 Å². The van der Waals surface area contributed by atoms with Gasteiger partial charge in [0, 0.05) is 16.0 Å². The number of rotatable bonds is 6. The van der Waals surface area contributed by atoms with Crippen LogP contribution in [0.15, 0.2) is 142 Å². The number of thioether (sulfide) groups is 1. The van der Waals surface area contributed by atoms with Crippen LogP contribution in [0.3, 0.4) is 0 Å². The molecule has 0 spiro atoms. The highest BCUT2D eigenvalue weighted by Gasteiger charge is 2.27. The molecule has 0 atom stereocenters. The van der Waals surface area contributed by atoms with E-state index in [0.29, 0.717) is 0 Å². The molecule has 0 radical (unpaired) electrons. The Morgan fingerprint density at radius 3 is 2.06 bits per heavy atom. The van der Waals surface area contributed by atoms with Gasteiger partial charge in [-0.3, -0.25) is 4.99 Å². The molecule has 0 unspecified atom stereocenters. The third kappa shape index (κ3) is 5.08. The lowest BCUT2D eigenvalue weighted by atomic mass is 9.97. The first-order valence-electron chi connectivity index (χ1n) is 11.3. The van der Waals surface area contributed by atoms with Crippen LogP contribution >= 0.6 is 11.8 Å². The third-order valence-corrected chi connectivity index (χ3v) is 7.04. The molecule has 5 rings (SSSR count). The van der Waals surface area contributed by atoms with Gasteiger partial charge in [-0.15, -0.1) is 0 Å². The molecule has 1 heterocycles. The fourth-order valence-corrected chi connectivity index (χ4v) is 5.42. The second-order valence-corrected chi connectivity index (χ2v) is 9.00. The van der Waals surface area contributed by atoms with Crippen molar-refractivity contribution in [3.05, 3.63) is 149 Å². The van der Waals surface area contributed by atoms with Crippen LogP contribution < -0.4 is 0 Å². The predicted octanol–water partition coefficient (Wildman–Crippen LogP) is 8.79. The van der Waals surface area contributed by atoms with Crippen LogP contribution in [0.25, 0.3) is 10.5 Å². The highest BCUT2D eigenvalue weighted by atomic mass is 32.2. The number of hydrogen-bond acceptors (Lipinski definition) is 2. The second kappa shape index (κ2) is 10.3. The maximum atomic E-state index is 4.45. The Kier molecular flexibility index (Phi) is 6.65. The predicted molar refractivity (Wildman–Crippen MR) is 145 cm³/mol. The van der Waals surface area contributed by atoms with Crippen LogP contribution in [0.2, 0.25) is 0 Å². The van der Waals surface area contributed by atoms with E-state index in [2.05, 4.69) is 90.0 Å². The minimum atomic E-state index is 0.967. The van der Waals surface area contributed by atoms with Crippen LogP contribution in [-0.2, 0) is 0 Å². The highest BCUT2D eigenvalue weighted by molar-refractivity contribution is 8.12. The van der Waals surface area contributed by atoms with E-state index in [9.17, 15) is 0 Å². The molecule has 3 aromatic carbocycles. The van der Waals surface area contributed by atoms with Crippen molar-refractivity contribution in [3.63, 3.8) is 0 Å². The van der Waals surface area contributed by atoms with Crippen molar-refractivity contribution >= 4 is 34.1 Å². The molecule has 1 aliphatic heterocycles. The lowest BCUT2D eigenvalue weighted by molar-refractivity contribution is 1.03. The third-order valence-electron chi connectivity index (χ3n) is 5.75. The molecular weight excluding hydrogens is 418 g/mol. The zero-order chi connectivity index (χ0) is 22.3. The van der Waals surface area contributed by atoms with Gasteiger partial charge >= 0.3 is 0 Å². The van der Waals surface area contributed by atoms with Gasteiger partial charge in [-0.2, -0.15) is 0 Å². The summed E-state index contributed by atoms with van der Waals surface area (Å²) in [6, 6.07) is 31.5. The van der Waals surface area contributed by atoms with Crippen LogP contribution in [0.4, 0.5) is 5.69 Å². The smallest absolute Gasteiger partial charge is 0.0629 e. The fraction of sp³-hybridized carbons (Fsp3) is 0.0645. The molecule has 1 nitrogen and oxygen atoms in total. The van der Waals surface area contributed by atoms with E-state index in [0.717, 1.165) is 18.5 Å². The zero-order valence-electron chi connectivity index (χ0n) is 18.4. The molecule has 0 saturated heterocycles. The lowest BCUT2D eigenvalue weighted by Gasteiger charge is -2.21. The summed E-state index contributed by atoms with van der Waals surface area (Å²) in [6.45, 7) is 0. The summed E-state index contributed by atoms with van der Waals surface area (Å²) in [6.07, 6.45) is 14.8. The van der Waals surface area contributed by atoms with E-state index in [4.69, 9.17) is 0 Å². The van der Waals surface area contributed by atoms with Crippen molar-refractivity contribution in [2.45, 2.75) is 12.8 Å². The van der Waals surface area contributed by atoms with E-state index in [1.807, 2.05) is 54.4 Å². The number of fused-ring (bicyclic) bond motifs is 1. The van der Waals surface area contributed by atoms with E-state index in [1.54, 1.807) is 0 Å². The molecule has 3 aromatic rings. The van der Waals surface area contributed by atoms with Crippen LogP contribution in [0.5, 0.6) is 0 Å². The molecule has 0 bridgehead atoms. The van der Waals surface area contributed by atoms with Gasteiger partial charge in [0.2, 0.25) is 0 Å². The SMILES string of the molecule is C(/C=C/C=C/C1=C2SC(c3ccccc3)=CC(c3ccccc3)=C2CC1)=Nc1ccccc1.